The second-order valence-electron chi connectivity index (χ2n) is 8.51. The fourth-order valence-corrected chi connectivity index (χ4v) is 6.06. The van der Waals surface area contributed by atoms with Crippen LogP contribution < -0.4 is 5.19 Å². The van der Waals surface area contributed by atoms with E-state index in [4.69, 9.17) is 4.98 Å². The van der Waals surface area contributed by atoms with Crippen LogP contribution in [0.3, 0.4) is 0 Å². The van der Waals surface area contributed by atoms with Gasteiger partial charge in [0.25, 0.3) is 0 Å². The van der Waals surface area contributed by atoms with Crippen LogP contribution >= 0.6 is 0 Å². The molecule has 0 aliphatic heterocycles. The molecule has 0 saturated heterocycles. The maximum absolute atomic E-state index is 4.92. The van der Waals surface area contributed by atoms with Crippen LogP contribution in [0.5, 0.6) is 0 Å². The molecule has 0 amide bonds. The molecule has 2 aromatic heterocycles. The van der Waals surface area contributed by atoms with Crippen molar-refractivity contribution in [3.63, 3.8) is 0 Å². The molecule has 0 atom stereocenters. The van der Waals surface area contributed by atoms with Crippen molar-refractivity contribution in [3.8, 4) is 11.3 Å². The summed E-state index contributed by atoms with van der Waals surface area (Å²) in [6.07, 6.45) is 2.13. The van der Waals surface area contributed by atoms with Gasteiger partial charge >= 0.3 is 0 Å². The Morgan fingerprint density at radius 3 is 2.30 bits per heavy atom. The zero-order valence-corrected chi connectivity index (χ0v) is 18.2. The Morgan fingerprint density at radius 1 is 0.889 bits per heavy atom. The molecule has 2 heterocycles. The molecule has 0 aliphatic rings. The lowest BCUT2D eigenvalue weighted by molar-refractivity contribution is 0.827. The number of hydrogen-bond donors (Lipinski definition) is 0. The molecule has 0 aliphatic carbocycles. The van der Waals surface area contributed by atoms with E-state index in [1.807, 2.05) is 0 Å². The van der Waals surface area contributed by atoms with E-state index in [0.717, 1.165) is 12.2 Å². The standard InChI is InChI=1S/C24H28N2Si/c1-7-26-21-11-9-8-10-19(21)20-14-18(12-13-22(20)26)24-17(3)16(2)23(15-25-24)27(4,5)6/h8-15H,7H2,1-6H3. The molecule has 2 nitrogen and oxygen atoms in total. The summed E-state index contributed by atoms with van der Waals surface area (Å²) in [4.78, 5) is 4.92. The Labute approximate surface area is 162 Å². The highest BCUT2D eigenvalue weighted by Gasteiger charge is 2.22. The largest absolute Gasteiger partial charge is 0.341 e. The Hall–Kier alpha value is -2.39. The third-order valence-corrected chi connectivity index (χ3v) is 7.93. The van der Waals surface area contributed by atoms with Crippen molar-refractivity contribution in [2.75, 3.05) is 0 Å². The van der Waals surface area contributed by atoms with Crippen molar-refractivity contribution in [2.24, 2.45) is 0 Å². The van der Waals surface area contributed by atoms with Gasteiger partial charge in [0.15, 0.2) is 0 Å². The molecule has 4 rings (SSSR count). The summed E-state index contributed by atoms with van der Waals surface area (Å²) in [5.41, 5.74) is 7.66. The summed E-state index contributed by atoms with van der Waals surface area (Å²) in [5, 5.41) is 4.11. The van der Waals surface area contributed by atoms with Crippen LogP contribution in [-0.2, 0) is 6.54 Å². The fraction of sp³-hybridized carbons (Fsp3) is 0.292. The highest BCUT2D eigenvalue weighted by Crippen LogP contribution is 2.33. The van der Waals surface area contributed by atoms with Crippen LogP contribution in [0.25, 0.3) is 33.1 Å². The smallest absolute Gasteiger partial charge is 0.0799 e. The number of pyridine rings is 1. The number of aryl methyl sites for hydroxylation is 1. The lowest BCUT2D eigenvalue weighted by Crippen LogP contribution is -2.40. The first-order chi connectivity index (χ1) is 12.8. The molecule has 0 spiro atoms. The van der Waals surface area contributed by atoms with Crippen molar-refractivity contribution < 1.29 is 0 Å². The van der Waals surface area contributed by atoms with Crippen molar-refractivity contribution in [1.82, 2.24) is 9.55 Å². The predicted molar refractivity (Wildman–Crippen MR) is 121 cm³/mol. The molecule has 138 valence electrons. The van der Waals surface area contributed by atoms with Gasteiger partial charge in [-0.05, 0) is 55.3 Å². The van der Waals surface area contributed by atoms with Gasteiger partial charge in [0.05, 0.1) is 13.8 Å². The second-order valence-corrected chi connectivity index (χ2v) is 13.6. The molecular weight excluding hydrogens is 344 g/mol. The van der Waals surface area contributed by atoms with E-state index in [1.54, 1.807) is 0 Å². The molecule has 0 bridgehead atoms. The third kappa shape index (κ3) is 2.81. The first-order valence-electron chi connectivity index (χ1n) is 9.81. The monoisotopic (exact) mass is 372 g/mol. The highest BCUT2D eigenvalue weighted by molar-refractivity contribution is 6.89. The Balaban J connectivity index is 1.96. The summed E-state index contributed by atoms with van der Waals surface area (Å²) in [5.74, 6) is 0. The minimum absolute atomic E-state index is 0.977. The Bertz CT molecular complexity index is 1160. The maximum Gasteiger partial charge on any atom is 0.0799 e. The van der Waals surface area contributed by atoms with Gasteiger partial charge in [-0.2, -0.15) is 0 Å². The van der Waals surface area contributed by atoms with Crippen molar-refractivity contribution in [3.05, 3.63) is 59.8 Å². The average Bonchev–Trinajstić information content (AvgIpc) is 2.96. The predicted octanol–water partition coefficient (Wildman–Crippen LogP) is 6.04. The average molecular weight is 373 g/mol. The van der Waals surface area contributed by atoms with Gasteiger partial charge in [0.2, 0.25) is 0 Å². The van der Waals surface area contributed by atoms with E-state index in [1.165, 1.54) is 43.7 Å². The minimum Gasteiger partial charge on any atom is -0.341 e. The molecule has 0 saturated carbocycles. The van der Waals surface area contributed by atoms with Crippen LogP contribution in [-0.4, -0.2) is 17.6 Å². The number of rotatable bonds is 3. The lowest BCUT2D eigenvalue weighted by Gasteiger charge is -2.21. The highest BCUT2D eigenvalue weighted by atomic mass is 28.3. The van der Waals surface area contributed by atoms with Gasteiger partial charge in [-0.3, -0.25) is 4.98 Å². The van der Waals surface area contributed by atoms with E-state index >= 15 is 0 Å². The fourth-order valence-electron chi connectivity index (χ4n) is 4.29. The topological polar surface area (TPSA) is 17.8 Å². The molecule has 0 radical (unpaired) electrons. The third-order valence-electron chi connectivity index (χ3n) is 5.81. The molecule has 4 aromatic rings. The number of fused-ring (bicyclic) bond motifs is 3. The lowest BCUT2D eigenvalue weighted by atomic mass is 10.0. The molecule has 3 heteroatoms. The number of nitrogens with zero attached hydrogens (tertiary/aromatic N) is 2. The number of aromatic nitrogens is 2. The van der Waals surface area contributed by atoms with Crippen molar-refractivity contribution in [2.45, 2.75) is 47.0 Å². The van der Waals surface area contributed by atoms with Gasteiger partial charge in [0.1, 0.15) is 0 Å². The summed E-state index contributed by atoms with van der Waals surface area (Å²) in [7, 11) is -1.38. The normalized spacial score (nSPS) is 12.2. The number of hydrogen-bond acceptors (Lipinski definition) is 1. The number of benzene rings is 2. The van der Waals surface area contributed by atoms with Gasteiger partial charge in [0, 0.05) is 40.1 Å². The first kappa shape index (κ1) is 18.0. The Kier molecular flexibility index (Phi) is 4.23. The van der Waals surface area contributed by atoms with Crippen LogP contribution in [0.4, 0.5) is 0 Å². The number of para-hydroxylation sites is 1. The van der Waals surface area contributed by atoms with E-state index < -0.39 is 8.07 Å². The summed E-state index contributed by atoms with van der Waals surface area (Å²) < 4.78 is 2.40. The van der Waals surface area contributed by atoms with Crippen LogP contribution in [0.1, 0.15) is 18.1 Å². The van der Waals surface area contributed by atoms with E-state index in [2.05, 4.69) is 93.6 Å². The van der Waals surface area contributed by atoms with Crippen LogP contribution in [0.15, 0.2) is 48.7 Å². The van der Waals surface area contributed by atoms with Crippen LogP contribution in [0.2, 0.25) is 19.6 Å². The van der Waals surface area contributed by atoms with Crippen molar-refractivity contribution in [1.29, 1.82) is 0 Å². The first-order valence-corrected chi connectivity index (χ1v) is 13.3. The van der Waals surface area contributed by atoms with E-state index in [9.17, 15) is 0 Å². The van der Waals surface area contributed by atoms with E-state index in [-0.39, 0.29) is 0 Å². The molecule has 27 heavy (non-hydrogen) atoms. The van der Waals surface area contributed by atoms with Crippen LogP contribution in [0, 0.1) is 13.8 Å². The summed E-state index contributed by atoms with van der Waals surface area (Å²) >= 11 is 0. The summed E-state index contributed by atoms with van der Waals surface area (Å²) in [6, 6.07) is 15.5. The molecule has 0 fully saturated rings. The summed E-state index contributed by atoms with van der Waals surface area (Å²) in [6.45, 7) is 14.8. The van der Waals surface area contributed by atoms with Gasteiger partial charge < -0.3 is 4.57 Å². The SMILES string of the molecule is CCn1c2ccccc2c2cc(-c3ncc([Si](C)(C)C)c(C)c3C)ccc21. The quantitative estimate of drug-likeness (QED) is 0.401. The zero-order valence-electron chi connectivity index (χ0n) is 17.2. The van der Waals surface area contributed by atoms with Gasteiger partial charge in [-0.25, -0.2) is 0 Å². The molecule has 0 N–H and O–H groups in total. The molecular formula is C24H28N2Si. The maximum atomic E-state index is 4.92. The molecule has 2 aromatic carbocycles. The zero-order chi connectivity index (χ0) is 19.3. The van der Waals surface area contributed by atoms with E-state index in [0.29, 0.717) is 0 Å². The molecule has 0 unspecified atom stereocenters. The second kappa shape index (κ2) is 6.34. The van der Waals surface area contributed by atoms with Crippen molar-refractivity contribution >= 4 is 35.1 Å². The Morgan fingerprint density at radius 2 is 1.59 bits per heavy atom. The minimum atomic E-state index is -1.38. The van der Waals surface area contributed by atoms with Gasteiger partial charge in [-0.15, -0.1) is 0 Å². The van der Waals surface area contributed by atoms with Gasteiger partial charge in [-0.1, -0.05) is 43.9 Å².